The van der Waals surface area contributed by atoms with E-state index in [0.717, 1.165) is 4.90 Å². The van der Waals surface area contributed by atoms with Crippen molar-refractivity contribution in [3.05, 3.63) is 65.7 Å². The first kappa shape index (κ1) is 50.8. The lowest BCUT2D eigenvalue weighted by molar-refractivity contribution is -0.145. The second-order valence-electron chi connectivity index (χ2n) is 13.3. The topological polar surface area (TPSA) is 310 Å². The van der Waals surface area contributed by atoms with Gasteiger partial charge in [0.15, 0.2) is 0 Å². The van der Waals surface area contributed by atoms with Gasteiger partial charge in [0.2, 0.25) is 41.4 Å². The predicted molar refractivity (Wildman–Crippen MR) is 223 cm³/mol. The quantitative estimate of drug-likeness (QED) is 0.0527. The fraction of sp³-hybridized carbons (Fsp3) is 0.459. The van der Waals surface area contributed by atoms with Crippen LogP contribution in [0.1, 0.15) is 37.3 Å². The molecule has 9 N–H and O–H groups in total. The minimum Gasteiger partial charge on any atom is -0.481 e. The van der Waals surface area contributed by atoms with E-state index in [0.29, 0.717) is 22.6 Å². The summed E-state index contributed by atoms with van der Waals surface area (Å²) in [4.78, 5) is 104. The van der Waals surface area contributed by atoms with Crippen LogP contribution in [0.3, 0.4) is 0 Å². The number of likely N-dealkylation sites (N-methyl/N-ethyl adjacent to an activating group) is 1. The molecule has 0 aliphatic carbocycles. The molecule has 2 rings (SSSR count). The summed E-state index contributed by atoms with van der Waals surface area (Å²) < 4.78 is 34.9. The number of carbonyl (C=O) groups excluding carboxylic acids is 7. The van der Waals surface area contributed by atoms with Gasteiger partial charge in [-0.05, 0) is 67.0 Å². The first-order valence-corrected chi connectivity index (χ1v) is 22.4. The van der Waals surface area contributed by atoms with Crippen molar-refractivity contribution in [2.45, 2.75) is 69.2 Å². The molecule has 5 atom stereocenters. The van der Waals surface area contributed by atoms with Gasteiger partial charge in [-0.3, -0.25) is 42.9 Å². The van der Waals surface area contributed by atoms with Gasteiger partial charge in [-0.15, -0.1) is 0 Å². The third kappa shape index (κ3) is 18.7. The zero-order chi connectivity index (χ0) is 45.0. The largest absolute Gasteiger partial charge is 0.481 e. The summed E-state index contributed by atoms with van der Waals surface area (Å²) in [5.41, 5.74) is 6.71. The summed E-state index contributed by atoms with van der Waals surface area (Å²) in [7, 11) is -3.46. The van der Waals surface area contributed by atoms with E-state index < -0.39 is 101 Å². The minimum absolute atomic E-state index is 0.0283. The van der Waals surface area contributed by atoms with Crippen molar-refractivity contribution in [2.75, 3.05) is 37.6 Å². The lowest BCUT2D eigenvalue weighted by atomic mass is 10.0. The van der Waals surface area contributed by atoms with E-state index in [1.165, 1.54) is 61.8 Å². The summed E-state index contributed by atoms with van der Waals surface area (Å²) in [6, 6.07) is 7.53. The molecule has 5 unspecified atom stereocenters. The molecule has 2 aromatic rings. The average Bonchev–Trinajstić information content (AvgIpc) is 3.18. The van der Waals surface area contributed by atoms with E-state index in [1.54, 1.807) is 42.8 Å². The van der Waals surface area contributed by atoms with Crippen molar-refractivity contribution in [3.63, 3.8) is 0 Å². The number of hydrogen-bond acceptors (Lipinski definition) is 13. The molecule has 0 aromatic heterocycles. The molecule has 0 radical (unpaired) electrons. The summed E-state index contributed by atoms with van der Waals surface area (Å²) in [6.45, 7) is 0.737. The molecule has 60 heavy (non-hydrogen) atoms. The maximum Gasteiger partial charge on any atom is 0.446 e. The number of carboxylic acid groups (broad SMARTS) is 1. The van der Waals surface area contributed by atoms with Gasteiger partial charge in [-0.25, -0.2) is 0 Å². The van der Waals surface area contributed by atoms with Crippen LogP contribution in [0.5, 0.6) is 5.75 Å². The van der Waals surface area contributed by atoms with Crippen molar-refractivity contribution in [1.29, 1.82) is 0 Å². The highest BCUT2D eigenvalue weighted by molar-refractivity contribution is 7.98. The molecule has 0 fully saturated rings. The Morgan fingerprint density at radius 3 is 1.87 bits per heavy atom. The Morgan fingerprint density at radius 2 is 1.33 bits per heavy atom. The maximum absolute atomic E-state index is 13.5. The number of aliphatic carboxylic acids is 1. The molecular formula is C37H51N7O13S3. The lowest BCUT2D eigenvalue weighted by Gasteiger charge is -2.30. The van der Waals surface area contributed by atoms with Gasteiger partial charge in [0.1, 0.15) is 36.0 Å². The highest BCUT2D eigenvalue weighted by Gasteiger charge is 2.35. The standard InChI is InChI=1S/C37H51N7O13S3/c1-22(40-31(46)21-39-35(51)26(14-16-58-3)41-30(45)19-24-10-12-25(13-11-24)57-60(54,55)56)34(50)42-27(15-17-59-4)36(52)43-28(20-32(47)48)37(53)44(2)29(33(38)49)18-23-8-6-5-7-9-23/h5-13,22,26-29H,14-21H2,1-4H3,(H2,38,49)(H,39,51)(H,40,46)(H,41,45)(H,42,50)(H,43,52)(H,47,48)(H,54,55,56). The van der Waals surface area contributed by atoms with E-state index in [1.807, 2.05) is 0 Å². The van der Waals surface area contributed by atoms with Crippen LogP contribution in [0.4, 0.5) is 0 Å². The molecule has 23 heteroatoms. The molecule has 0 spiro atoms. The number of nitrogens with two attached hydrogens (primary N) is 1. The number of primary amides is 1. The molecule has 7 amide bonds. The van der Waals surface area contributed by atoms with Crippen LogP contribution in [-0.2, 0) is 61.6 Å². The molecule has 0 bridgehead atoms. The van der Waals surface area contributed by atoms with E-state index in [-0.39, 0.29) is 31.4 Å². The highest BCUT2D eigenvalue weighted by atomic mass is 32.3. The van der Waals surface area contributed by atoms with Crippen LogP contribution >= 0.6 is 23.5 Å². The Balaban J connectivity index is 2.04. The van der Waals surface area contributed by atoms with Gasteiger partial charge < -0.3 is 46.5 Å². The van der Waals surface area contributed by atoms with Crippen molar-refractivity contribution >= 4 is 81.2 Å². The van der Waals surface area contributed by atoms with Gasteiger partial charge in [0.25, 0.3) is 0 Å². The normalized spacial score (nSPS) is 13.6. The molecule has 0 saturated carbocycles. The summed E-state index contributed by atoms with van der Waals surface area (Å²) in [6.07, 6.45) is 2.78. The predicted octanol–water partition coefficient (Wildman–Crippen LogP) is -0.978. The van der Waals surface area contributed by atoms with Gasteiger partial charge in [-0.2, -0.15) is 31.9 Å². The molecular weight excluding hydrogens is 847 g/mol. The maximum atomic E-state index is 13.5. The third-order valence-electron chi connectivity index (χ3n) is 8.60. The SMILES string of the molecule is CSCCC(NC(=O)Cc1ccc(OS(=O)(=O)O)cc1)C(=O)NCC(=O)NC(C)C(=O)NC(CCSC)C(=O)NC(CC(=O)O)C(=O)N(C)C(Cc1ccccc1)C(N)=O. The van der Waals surface area contributed by atoms with E-state index in [2.05, 4.69) is 30.8 Å². The molecule has 0 saturated heterocycles. The lowest BCUT2D eigenvalue weighted by Crippen LogP contribution is -2.59. The summed E-state index contributed by atoms with van der Waals surface area (Å²) in [5, 5.41) is 21.9. The molecule has 20 nitrogen and oxygen atoms in total. The van der Waals surface area contributed by atoms with Gasteiger partial charge in [-0.1, -0.05) is 42.5 Å². The van der Waals surface area contributed by atoms with Gasteiger partial charge in [0.05, 0.1) is 19.4 Å². The Morgan fingerprint density at radius 1 is 0.767 bits per heavy atom. The minimum atomic E-state index is -4.73. The molecule has 0 aliphatic heterocycles. The second-order valence-corrected chi connectivity index (χ2v) is 16.3. The zero-order valence-corrected chi connectivity index (χ0v) is 35.8. The number of amides is 7. The number of nitrogens with zero attached hydrogens (tertiary/aromatic N) is 1. The fourth-order valence-electron chi connectivity index (χ4n) is 5.48. The Labute approximate surface area is 356 Å². The smallest absolute Gasteiger partial charge is 0.446 e. The van der Waals surface area contributed by atoms with Crippen LogP contribution in [0.2, 0.25) is 0 Å². The Hall–Kier alpha value is -5.39. The van der Waals surface area contributed by atoms with Crippen molar-refractivity contribution < 1.29 is 60.6 Å². The highest BCUT2D eigenvalue weighted by Crippen LogP contribution is 2.15. The van der Waals surface area contributed by atoms with Gasteiger partial charge >= 0.3 is 16.4 Å². The van der Waals surface area contributed by atoms with Gasteiger partial charge in [0, 0.05) is 13.5 Å². The Kier molecular flexibility index (Phi) is 21.4. The second kappa shape index (κ2) is 25.3. The van der Waals surface area contributed by atoms with Crippen LogP contribution in [0.25, 0.3) is 0 Å². The summed E-state index contributed by atoms with van der Waals surface area (Å²) in [5.74, 6) is -6.27. The summed E-state index contributed by atoms with van der Waals surface area (Å²) >= 11 is 2.76. The van der Waals surface area contributed by atoms with E-state index in [9.17, 15) is 51.9 Å². The number of nitrogens with one attached hydrogen (secondary N) is 5. The average molecular weight is 898 g/mol. The van der Waals surface area contributed by atoms with Crippen molar-refractivity contribution in [3.8, 4) is 5.75 Å². The molecule has 330 valence electrons. The molecule has 0 aliphatic rings. The third-order valence-corrected chi connectivity index (χ3v) is 10.3. The number of rotatable bonds is 26. The fourth-order valence-corrected chi connectivity index (χ4v) is 6.78. The monoisotopic (exact) mass is 897 g/mol. The molecule has 0 heterocycles. The number of carboxylic acids is 1. The van der Waals surface area contributed by atoms with Crippen LogP contribution < -0.4 is 36.5 Å². The number of hydrogen-bond donors (Lipinski definition) is 8. The van der Waals surface area contributed by atoms with Crippen LogP contribution in [0.15, 0.2) is 54.6 Å². The Bertz CT molecular complexity index is 1920. The zero-order valence-electron chi connectivity index (χ0n) is 33.4. The van der Waals surface area contributed by atoms with Crippen LogP contribution in [0, 0.1) is 0 Å². The van der Waals surface area contributed by atoms with Crippen molar-refractivity contribution in [2.24, 2.45) is 5.73 Å². The number of carbonyl (C=O) groups is 8. The van der Waals surface area contributed by atoms with Crippen molar-refractivity contribution in [1.82, 2.24) is 31.5 Å². The first-order valence-electron chi connectivity index (χ1n) is 18.3. The first-order chi connectivity index (χ1) is 28.2. The number of benzene rings is 2. The van der Waals surface area contributed by atoms with E-state index >= 15 is 0 Å². The number of thioether (sulfide) groups is 2. The van der Waals surface area contributed by atoms with Crippen LogP contribution in [-0.4, -0.2) is 138 Å². The van der Waals surface area contributed by atoms with E-state index in [4.69, 9.17) is 10.3 Å². The molecule has 2 aromatic carbocycles.